The highest BCUT2D eigenvalue weighted by molar-refractivity contribution is 5.79. The van der Waals surface area contributed by atoms with Crippen molar-refractivity contribution in [2.75, 3.05) is 46.4 Å². The zero-order valence-electron chi connectivity index (χ0n) is 16.8. The molecule has 2 N–H and O–H groups in total. The number of nitrogens with zero attached hydrogens (tertiary/aromatic N) is 2. The van der Waals surface area contributed by atoms with Crippen molar-refractivity contribution < 1.29 is 9.53 Å². The Bertz CT molecular complexity index is 430. The molecule has 2 aliphatic rings. The molecule has 0 spiro atoms. The van der Waals surface area contributed by atoms with Gasteiger partial charge >= 0.3 is 0 Å². The first-order chi connectivity index (χ1) is 12.7. The van der Waals surface area contributed by atoms with E-state index in [9.17, 15) is 4.79 Å². The highest BCUT2D eigenvalue weighted by Gasteiger charge is 2.18. The number of hydrogen-bond donors (Lipinski definition) is 2. The van der Waals surface area contributed by atoms with Crippen LogP contribution in [0.5, 0.6) is 0 Å². The summed E-state index contributed by atoms with van der Waals surface area (Å²) in [7, 11) is 2.10. The molecule has 0 unspecified atom stereocenters. The molecule has 26 heavy (non-hydrogen) atoms. The molecule has 0 bridgehead atoms. The molecule has 1 saturated heterocycles. The summed E-state index contributed by atoms with van der Waals surface area (Å²) in [4.78, 5) is 18.9. The Hall–Kier alpha value is -1.30. The minimum Gasteiger partial charge on any atom is -0.381 e. The fraction of sp³-hybridized carbons (Fsp3) is 0.900. The second kappa shape index (κ2) is 12.2. The lowest BCUT2D eigenvalue weighted by atomic mass is 9.96. The number of rotatable bonds is 9. The van der Waals surface area contributed by atoms with Crippen molar-refractivity contribution in [1.82, 2.24) is 15.5 Å². The molecule has 1 aliphatic carbocycles. The van der Waals surface area contributed by atoms with Gasteiger partial charge in [0.2, 0.25) is 5.91 Å². The summed E-state index contributed by atoms with van der Waals surface area (Å²) in [5.41, 5.74) is 0. The maximum Gasteiger partial charge on any atom is 0.220 e. The Labute approximate surface area is 159 Å². The monoisotopic (exact) mass is 366 g/mol. The number of nitrogens with one attached hydrogen (secondary N) is 2. The molecule has 1 saturated carbocycles. The number of ether oxygens (including phenoxy) is 1. The van der Waals surface area contributed by atoms with E-state index in [1.807, 2.05) is 0 Å². The van der Waals surface area contributed by atoms with E-state index < -0.39 is 0 Å². The van der Waals surface area contributed by atoms with Crippen LogP contribution in [-0.4, -0.2) is 63.2 Å². The first-order valence-corrected chi connectivity index (χ1v) is 10.5. The fourth-order valence-corrected chi connectivity index (χ4v) is 3.89. The van der Waals surface area contributed by atoms with Crippen molar-refractivity contribution in [3.63, 3.8) is 0 Å². The number of carbonyl (C=O) groups excluding carboxylic acids is 1. The molecule has 1 amide bonds. The van der Waals surface area contributed by atoms with Gasteiger partial charge in [0.05, 0.1) is 6.54 Å². The van der Waals surface area contributed by atoms with Crippen LogP contribution in [0.2, 0.25) is 0 Å². The van der Waals surface area contributed by atoms with E-state index in [-0.39, 0.29) is 5.91 Å². The van der Waals surface area contributed by atoms with Crippen LogP contribution in [0.25, 0.3) is 0 Å². The second-order valence-electron chi connectivity index (χ2n) is 7.71. The van der Waals surface area contributed by atoms with Crippen LogP contribution < -0.4 is 10.6 Å². The molecule has 0 aromatic heterocycles. The lowest BCUT2D eigenvalue weighted by Gasteiger charge is -2.26. The Morgan fingerprint density at radius 1 is 1.12 bits per heavy atom. The zero-order chi connectivity index (χ0) is 18.6. The van der Waals surface area contributed by atoms with Gasteiger partial charge in [-0.2, -0.15) is 0 Å². The normalized spacial score (nSPS) is 19.5. The molecule has 2 fully saturated rings. The molecule has 150 valence electrons. The molecule has 2 rings (SSSR count). The largest absolute Gasteiger partial charge is 0.381 e. The zero-order valence-corrected chi connectivity index (χ0v) is 16.8. The second-order valence-corrected chi connectivity index (χ2v) is 7.71. The Balaban J connectivity index is 1.66. The van der Waals surface area contributed by atoms with Crippen LogP contribution in [0.4, 0.5) is 0 Å². The Morgan fingerprint density at radius 3 is 2.54 bits per heavy atom. The van der Waals surface area contributed by atoms with Gasteiger partial charge in [0, 0.05) is 46.3 Å². The molecule has 1 heterocycles. The van der Waals surface area contributed by atoms with Crippen LogP contribution in [-0.2, 0) is 9.53 Å². The summed E-state index contributed by atoms with van der Waals surface area (Å²) < 4.78 is 5.43. The van der Waals surface area contributed by atoms with Gasteiger partial charge in [-0.3, -0.25) is 9.79 Å². The fourth-order valence-electron chi connectivity index (χ4n) is 3.89. The van der Waals surface area contributed by atoms with Crippen molar-refractivity contribution in [2.24, 2.45) is 16.8 Å². The highest BCUT2D eigenvalue weighted by atomic mass is 16.5. The van der Waals surface area contributed by atoms with Crippen molar-refractivity contribution >= 4 is 11.9 Å². The van der Waals surface area contributed by atoms with Gasteiger partial charge < -0.3 is 20.3 Å². The first-order valence-electron chi connectivity index (χ1n) is 10.5. The summed E-state index contributed by atoms with van der Waals surface area (Å²) >= 11 is 0. The molecular formula is C20H38N4O2. The number of carbonyl (C=O) groups is 1. The number of guanidine groups is 1. The van der Waals surface area contributed by atoms with Gasteiger partial charge in [0.25, 0.3) is 0 Å². The number of aliphatic imine (C=N–C) groups is 1. The van der Waals surface area contributed by atoms with Crippen LogP contribution in [0.15, 0.2) is 4.99 Å². The predicted octanol–water partition coefficient (Wildman–Crippen LogP) is 2.40. The molecule has 0 atom stereocenters. The summed E-state index contributed by atoms with van der Waals surface area (Å²) in [5.74, 6) is 2.49. The quantitative estimate of drug-likeness (QED) is 0.374. The van der Waals surface area contributed by atoms with Gasteiger partial charge in [-0.05, 0) is 50.9 Å². The van der Waals surface area contributed by atoms with Crippen molar-refractivity contribution in [3.05, 3.63) is 0 Å². The minimum atomic E-state index is 0.185. The minimum absolute atomic E-state index is 0.185. The Kier molecular flexibility index (Phi) is 9.82. The summed E-state index contributed by atoms with van der Waals surface area (Å²) in [6, 6.07) is 0. The number of hydrogen-bond acceptors (Lipinski definition) is 3. The van der Waals surface area contributed by atoms with E-state index in [0.717, 1.165) is 38.2 Å². The van der Waals surface area contributed by atoms with Crippen LogP contribution in [0, 0.1) is 11.8 Å². The molecule has 6 heteroatoms. The van der Waals surface area contributed by atoms with Crippen LogP contribution >= 0.6 is 0 Å². The van der Waals surface area contributed by atoms with E-state index in [4.69, 9.17) is 4.74 Å². The maximum absolute atomic E-state index is 12.0. The molecule has 0 radical (unpaired) electrons. The smallest absolute Gasteiger partial charge is 0.220 e. The van der Waals surface area contributed by atoms with E-state index in [1.165, 1.54) is 44.9 Å². The molecule has 6 nitrogen and oxygen atoms in total. The van der Waals surface area contributed by atoms with E-state index in [0.29, 0.717) is 25.4 Å². The highest BCUT2D eigenvalue weighted by Crippen LogP contribution is 2.27. The summed E-state index contributed by atoms with van der Waals surface area (Å²) in [6.07, 6.45) is 9.23. The number of amides is 1. The predicted molar refractivity (Wildman–Crippen MR) is 106 cm³/mol. The van der Waals surface area contributed by atoms with Gasteiger partial charge in [0.15, 0.2) is 5.96 Å². The van der Waals surface area contributed by atoms with Gasteiger partial charge in [-0.25, -0.2) is 0 Å². The standard InChI is InChI=1S/C20H38N4O2/c1-3-21-20(24(2)13-8-17-9-14-26-15-10-17)23-12-11-22-19(25)16-18-6-4-5-7-18/h17-18H,3-16H2,1-2H3,(H,21,23)(H,22,25). The summed E-state index contributed by atoms with van der Waals surface area (Å²) in [5, 5.41) is 6.38. The van der Waals surface area contributed by atoms with Crippen molar-refractivity contribution in [2.45, 2.75) is 58.3 Å². The third-order valence-corrected chi connectivity index (χ3v) is 5.55. The van der Waals surface area contributed by atoms with Gasteiger partial charge in [-0.15, -0.1) is 0 Å². The van der Waals surface area contributed by atoms with E-state index >= 15 is 0 Å². The van der Waals surface area contributed by atoms with E-state index in [2.05, 4.69) is 34.5 Å². The topological polar surface area (TPSA) is 66.0 Å². The summed E-state index contributed by atoms with van der Waals surface area (Å²) in [6.45, 7) is 7.00. The first kappa shape index (κ1) is 21.0. The lowest BCUT2D eigenvalue weighted by molar-refractivity contribution is -0.121. The van der Waals surface area contributed by atoms with Gasteiger partial charge in [0.1, 0.15) is 0 Å². The van der Waals surface area contributed by atoms with Crippen molar-refractivity contribution in [3.8, 4) is 0 Å². The molecule has 1 aliphatic heterocycles. The third-order valence-electron chi connectivity index (χ3n) is 5.55. The van der Waals surface area contributed by atoms with Crippen LogP contribution in [0.1, 0.15) is 58.3 Å². The maximum atomic E-state index is 12.0. The average molecular weight is 367 g/mol. The van der Waals surface area contributed by atoms with Gasteiger partial charge in [-0.1, -0.05) is 12.8 Å². The molecule has 0 aromatic carbocycles. The molecular weight excluding hydrogens is 328 g/mol. The Morgan fingerprint density at radius 2 is 1.85 bits per heavy atom. The molecule has 0 aromatic rings. The SMILES string of the molecule is CCNC(=NCCNC(=O)CC1CCCC1)N(C)CCC1CCOCC1. The van der Waals surface area contributed by atoms with Crippen LogP contribution in [0.3, 0.4) is 0 Å². The van der Waals surface area contributed by atoms with E-state index in [1.54, 1.807) is 0 Å². The third kappa shape index (κ3) is 7.94. The lowest BCUT2D eigenvalue weighted by Crippen LogP contribution is -2.40. The van der Waals surface area contributed by atoms with Crippen molar-refractivity contribution in [1.29, 1.82) is 0 Å². The average Bonchev–Trinajstić information content (AvgIpc) is 3.16.